The zero-order valence-electron chi connectivity index (χ0n) is 20.0. The third-order valence-corrected chi connectivity index (χ3v) is 10.4. The van der Waals surface area contributed by atoms with Crippen LogP contribution in [0.2, 0.25) is 0 Å². The molecule has 0 nitrogen and oxygen atoms in total. The molecular formula is C31H26S2. The number of hydrogen-bond acceptors (Lipinski definition) is 2. The van der Waals surface area contributed by atoms with Crippen molar-refractivity contribution < 1.29 is 0 Å². The molecule has 33 heavy (non-hydrogen) atoms. The van der Waals surface area contributed by atoms with E-state index in [4.69, 9.17) is 0 Å². The van der Waals surface area contributed by atoms with Gasteiger partial charge in [-0.05, 0) is 122 Å². The lowest BCUT2D eigenvalue weighted by atomic mass is 9.95. The molecule has 0 bridgehead atoms. The van der Waals surface area contributed by atoms with Crippen LogP contribution in [0.4, 0.5) is 0 Å². The van der Waals surface area contributed by atoms with Gasteiger partial charge in [-0.1, -0.05) is 12.1 Å². The van der Waals surface area contributed by atoms with Crippen LogP contribution in [0.25, 0.3) is 51.5 Å². The molecular weight excluding hydrogens is 436 g/mol. The molecule has 0 fully saturated rings. The van der Waals surface area contributed by atoms with Gasteiger partial charge in [0.25, 0.3) is 0 Å². The Balaban J connectivity index is 1.78. The molecule has 0 radical (unpaired) electrons. The Kier molecular flexibility index (Phi) is 3.87. The van der Waals surface area contributed by atoms with Gasteiger partial charge in [-0.25, -0.2) is 0 Å². The quantitative estimate of drug-likeness (QED) is 0.210. The fraction of sp³-hybridized carbons (Fsp3) is 0.226. The number of benzene rings is 4. The molecule has 2 heteroatoms. The second-order valence-electron chi connectivity index (χ2n) is 10.1. The summed E-state index contributed by atoms with van der Waals surface area (Å²) in [7, 11) is 0. The second kappa shape index (κ2) is 6.46. The van der Waals surface area contributed by atoms with Crippen molar-refractivity contribution in [2.24, 2.45) is 0 Å². The van der Waals surface area contributed by atoms with Crippen LogP contribution in [-0.4, -0.2) is 0 Å². The minimum atomic E-state index is 1.04. The number of aryl methyl sites for hydroxylation is 6. The van der Waals surface area contributed by atoms with Crippen LogP contribution < -0.4 is 0 Å². The molecule has 162 valence electrons. The van der Waals surface area contributed by atoms with E-state index < -0.39 is 0 Å². The fourth-order valence-corrected chi connectivity index (χ4v) is 8.57. The molecule has 0 amide bonds. The standard InChI is InChI=1S/C31H26S2/c1-14-7-20-13-24-27(21(20)8-15(14)2)30-29(23-10-17(4)19(6)12-26(23)33-30)31-28(24)22-9-16(3)18(5)11-25(22)32-31/h7-12H,13H2,1-6H3. The van der Waals surface area contributed by atoms with Gasteiger partial charge in [0.2, 0.25) is 0 Å². The summed E-state index contributed by atoms with van der Waals surface area (Å²) in [5, 5.41) is 5.86. The lowest BCUT2D eigenvalue weighted by molar-refractivity contribution is 1.24. The Morgan fingerprint density at radius 1 is 0.545 bits per heavy atom. The van der Waals surface area contributed by atoms with Crippen LogP contribution in [0.5, 0.6) is 0 Å². The predicted molar refractivity (Wildman–Crippen MR) is 149 cm³/mol. The van der Waals surface area contributed by atoms with E-state index in [0.29, 0.717) is 0 Å². The number of hydrogen-bond donors (Lipinski definition) is 0. The highest BCUT2D eigenvalue weighted by Crippen LogP contribution is 2.54. The zero-order chi connectivity index (χ0) is 22.8. The number of thiophene rings is 2. The zero-order valence-corrected chi connectivity index (χ0v) is 21.6. The largest absolute Gasteiger partial charge is 0.134 e. The van der Waals surface area contributed by atoms with Crippen molar-refractivity contribution in [3.05, 3.63) is 80.9 Å². The van der Waals surface area contributed by atoms with E-state index >= 15 is 0 Å². The monoisotopic (exact) mass is 462 g/mol. The minimum Gasteiger partial charge on any atom is -0.134 e. The van der Waals surface area contributed by atoms with Gasteiger partial charge in [0.15, 0.2) is 0 Å². The van der Waals surface area contributed by atoms with Crippen LogP contribution in [-0.2, 0) is 6.42 Å². The Bertz CT molecular complexity index is 1840. The highest BCUT2D eigenvalue weighted by atomic mass is 32.1. The summed E-state index contributed by atoms with van der Waals surface area (Å²) in [5.74, 6) is 0. The van der Waals surface area contributed by atoms with Crippen molar-refractivity contribution in [1.82, 2.24) is 0 Å². The van der Waals surface area contributed by atoms with E-state index in [-0.39, 0.29) is 0 Å². The van der Waals surface area contributed by atoms with Gasteiger partial charge in [0.1, 0.15) is 0 Å². The third-order valence-electron chi connectivity index (χ3n) is 8.02. The maximum absolute atomic E-state index is 2.45. The molecule has 0 saturated heterocycles. The summed E-state index contributed by atoms with van der Waals surface area (Å²) in [6, 6.07) is 14.6. The van der Waals surface area contributed by atoms with Crippen molar-refractivity contribution in [2.75, 3.05) is 0 Å². The Morgan fingerprint density at radius 3 is 1.73 bits per heavy atom. The first-order valence-electron chi connectivity index (χ1n) is 11.7. The van der Waals surface area contributed by atoms with Gasteiger partial charge < -0.3 is 0 Å². The molecule has 1 aliphatic carbocycles. The van der Waals surface area contributed by atoms with E-state index in [2.05, 4.69) is 77.9 Å². The average Bonchev–Trinajstić information content (AvgIpc) is 3.41. The van der Waals surface area contributed by atoms with Crippen molar-refractivity contribution in [1.29, 1.82) is 0 Å². The highest BCUT2D eigenvalue weighted by Gasteiger charge is 2.29. The van der Waals surface area contributed by atoms with Gasteiger partial charge in [-0.15, -0.1) is 22.7 Å². The molecule has 0 N–H and O–H groups in total. The van der Waals surface area contributed by atoms with Gasteiger partial charge in [0.05, 0.1) is 0 Å². The minimum absolute atomic E-state index is 1.04. The molecule has 0 saturated carbocycles. The maximum Gasteiger partial charge on any atom is 0.0451 e. The van der Waals surface area contributed by atoms with Crippen molar-refractivity contribution in [2.45, 2.75) is 48.0 Å². The SMILES string of the molecule is Cc1cc2c(cc1C)-c1c(c3c4cc(C)c(C)cc4sc3c3c1sc1cc(C)c(C)cc13)C2. The summed E-state index contributed by atoms with van der Waals surface area (Å²) < 4.78 is 5.82. The van der Waals surface area contributed by atoms with Gasteiger partial charge >= 0.3 is 0 Å². The van der Waals surface area contributed by atoms with Crippen molar-refractivity contribution >= 4 is 63.0 Å². The van der Waals surface area contributed by atoms with Crippen LogP contribution >= 0.6 is 22.7 Å². The van der Waals surface area contributed by atoms with Gasteiger partial charge in [-0.2, -0.15) is 0 Å². The highest BCUT2D eigenvalue weighted by molar-refractivity contribution is 7.30. The molecule has 0 spiro atoms. The van der Waals surface area contributed by atoms with E-state index in [1.165, 1.54) is 90.4 Å². The topological polar surface area (TPSA) is 0 Å². The lowest BCUT2D eigenvalue weighted by Gasteiger charge is -2.09. The summed E-state index contributed by atoms with van der Waals surface area (Å²) in [5.41, 5.74) is 14.3. The molecule has 7 rings (SSSR count). The second-order valence-corrected chi connectivity index (χ2v) is 12.2. The van der Waals surface area contributed by atoms with E-state index in [1.807, 2.05) is 22.7 Å². The molecule has 2 heterocycles. The molecule has 4 aromatic carbocycles. The normalized spacial score (nSPS) is 13.0. The first-order valence-corrected chi connectivity index (χ1v) is 13.4. The Morgan fingerprint density at radius 2 is 1.06 bits per heavy atom. The summed E-state index contributed by atoms with van der Waals surface area (Å²) in [6.45, 7) is 13.5. The first-order chi connectivity index (χ1) is 15.8. The number of fused-ring (bicyclic) bond motifs is 12. The first kappa shape index (κ1) is 19.8. The van der Waals surface area contributed by atoms with E-state index in [9.17, 15) is 0 Å². The molecule has 1 aliphatic rings. The molecule has 6 aromatic rings. The molecule has 2 aromatic heterocycles. The van der Waals surface area contributed by atoms with E-state index in [1.54, 1.807) is 5.56 Å². The molecule has 0 aliphatic heterocycles. The molecule has 0 atom stereocenters. The van der Waals surface area contributed by atoms with Crippen LogP contribution in [0, 0.1) is 41.5 Å². The number of rotatable bonds is 0. The predicted octanol–water partition coefficient (Wildman–Crippen LogP) is 9.84. The Labute approximate surface area is 202 Å². The molecule has 0 unspecified atom stereocenters. The van der Waals surface area contributed by atoms with Gasteiger partial charge in [0, 0.05) is 45.9 Å². The van der Waals surface area contributed by atoms with Crippen LogP contribution in [0.3, 0.4) is 0 Å². The van der Waals surface area contributed by atoms with E-state index in [0.717, 1.165) is 6.42 Å². The summed E-state index contributed by atoms with van der Waals surface area (Å²) in [6.07, 6.45) is 1.04. The third kappa shape index (κ3) is 2.51. The fourth-order valence-electron chi connectivity index (χ4n) is 5.75. The van der Waals surface area contributed by atoms with Crippen molar-refractivity contribution in [3.8, 4) is 11.1 Å². The van der Waals surface area contributed by atoms with Crippen LogP contribution in [0.1, 0.15) is 44.5 Å². The Hall–Kier alpha value is -2.68. The average molecular weight is 463 g/mol. The smallest absolute Gasteiger partial charge is 0.0451 e. The van der Waals surface area contributed by atoms with Crippen LogP contribution in [0.15, 0.2) is 36.4 Å². The van der Waals surface area contributed by atoms with Crippen molar-refractivity contribution in [3.63, 3.8) is 0 Å². The summed E-state index contributed by atoms with van der Waals surface area (Å²) in [4.78, 5) is 0. The summed E-state index contributed by atoms with van der Waals surface area (Å²) >= 11 is 4.00. The lowest BCUT2D eigenvalue weighted by Crippen LogP contribution is -1.86. The maximum atomic E-state index is 2.45. The van der Waals surface area contributed by atoms with Gasteiger partial charge in [-0.3, -0.25) is 0 Å².